The van der Waals surface area contributed by atoms with Gasteiger partial charge >= 0.3 is 0 Å². The van der Waals surface area contributed by atoms with Gasteiger partial charge in [-0.05, 0) is 38.1 Å². The van der Waals surface area contributed by atoms with Crippen molar-refractivity contribution in [2.45, 2.75) is 33.4 Å². The van der Waals surface area contributed by atoms with E-state index in [1.165, 1.54) is 0 Å². The van der Waals surface area contributed by atoms with Crippen LogP contribution in [-0.2, 0) is 22.7 Å². The van der Waals surface area contributed by atoms with E-state index in [2.05, 4.69) is 11.5 Å². The molecule has 1 saturated heterocycles. The summed E-state index contributed by atoms with van der Waals surface area (Å²) in [4.78, 5) is 33.7. The molecule has 0 radical (unpaired) electrons. The lowest BCUT2D eigenvalue weighted by Crippen LogP contribution is -2.35. The second-order valence-electron chi connectivity index (χ2n) is 7.70. The molecule has 1 aliphatic rings. The standard InChI is InChI=1S/C23H26N4O2/c1-4-26-20-8-6-5-7-19(20)24-21(26)15-25(3)23(29)17-13-22(28)27(14-17)18-11-9-16(2)10-12-18/h5-12,17H,4,13-15H2,1-3H3. The van der Waals surface area contributed by atoms with E-state index in [1.807, 2.05) is 55.5 Å². The van der Waals surface area contributed by atoms with Crippen molar-refractivity contribution < 1.29 is 9.59 Å². The van der Waals surface area contributed by atoms with Crippen LogP contribution in [0.15, 0.2) is 48.5 Å². The van der Waals surface area contributed by atoms with Crippen molar-refractivity contribution in [1.82, 2.24) is 14.5 Å². The first kappa shape index (κ1) is 19.2. The Bertz CT molecular complexity index is 1050. The maximum atomic E-state index is 13.1. The molecule has 2 heterocycles. The number of nitrogens with zero attached hydrogens (tertiary/aromatic N) is 4. The fraction of sp³-hybridized carbons (Fsp3) is 0.348. The zero-order valence-corrected chi connectivity index (χ0v) is 17.1. The molecule has 0 bridgehead atoms. The minimum absolute atomic E-state index is 0.00130. The van der Waals surface area contributed by atoms with Gasteiger partial charge in [0.15, 0.2) is 0 Å². The van der Waals surface area contributed by atoms with E-state index in [1.54, 1.807) is 16.8 Å². The molecular weight excluding hydrogens is 364 g/mol. The Labute approximate surface area is 170 Å². The monoisotopic (exact) mass is 390 g/mol. The summed E-state index contributed by atoms with van der Waals surface area (Å²) in [6.45, 7) is 5.74. The zero-order valence-electron chi connectivity index (χ0n) is 17.1. The number of benzene rings is 2. The van der Waals surface area contributed by atoms with E-state index in [-0.39, 0.29) is 24.2 Å². The second-order valence-corrected chi connectivity index (χ2v) is 7.70. The Morgan fingerprint density at radius 1 is 1.17 bits per heavy atom. The number of anilines is 1. The molecule has 1 fully saturated rings. The molecule has 6 heteroatoms. The van der Waals surface area contributed by atoms with Gasteiger partial charge in [0.2, 0.25) is 11.8 Å². The van der Waals surface area contributed by atoms with E-state index < -0.39 is 0 Å². The first-order valence-electron chi connectivity index (χ1n) is 10.0. The molecule has 6 nitrogen and oxygen atoms in total. The van der Waals surface area contributed by atoms with Gasteiger partial charge in [0.05, 0.1) is 23.5 Å². The van der Waals surface area contributed by atoms with Crippen LogP contribution in [0.1, 0.15) is 24.7 Å². The molecule has 3 aromatic rings. The summed E-state index contributed by atoms with van der Waals surface area (Å²) in [5, 5.41) is 0. The number of imidazole rings is 1. The predicted octanol–water partition coefficient (Wildman–Crippen LogP) is 3.38. The highest BCUT2D eigenvalue weighted by Gasteiger charge is 2.36. The largest absolute Gasteiger partial charge is 0.338 e. The van der Waals surface area contributed by atoms with Crippen LogP contribution in [0, 0.1) is 12.8 Å². The topological polar surface area (TPSA) is 58.4 Å². The molecule has 0 spiro atoms. The molecule has 1 atom stereocenters. The Balaban J connectivity index is 1.49. The summed E-state index contributed by atoms with van der Waals surface area (Å²) < 4.78 is 2.14. The molecular formula is C23H26N4O2. The summed E-state index contributed by atoms with van der Waals surface area (Å²) >= 11 is 0. The van der Waals surface area contributed by atoms with Crippen LogP contribution in [0.4, 0.5) is 5.69 Å². The van der Waals surface area contributed by atoms with Crippen LogP contribution < -0.4 is 4.90 Å². The van der Waals surface area contributed by atoms with Gasteiger partial charge in [0, 0.05) is 32.2 Å². The van der Waals surface area contributed by atoms with Gasteiger partial charge in [0.1, 0.15) is 5.82 Å². The Kier molecular flexibility index (Phi) is 5.09. The molecule has 0 aliphatic carbocycles. The first-order valence-corrected chi connectivity index (χ1v) is 10.0. The maximum Gasteiger partial charge on any atom is 0.228 e. The third kappa shape index (κ3) is 3.62. The predicted molar refractivity (Wildman–Crippen MR) is 114 cm³/mol. The van der Waals surface area contributed by atoms with Gasteiger partial charge in [-0.25, -0.2) is 4.98 Å². The van der Waals surface area contributed by atoms with Crippen LogP contribution in [-0.4, -0.2) is 39.9 Å². The van der Waals surface area contributed by atoms with Crippen LogP contribution in [0.2, 0.25) is 0 Å². The average Bonchev–Trinajstić information content (AvgIpc) is 3.27. The van der Waals surface area contributed by atoms with Gasteiger partial charge in [0.25, 0.3) is 0 Å². The van der Waals surface area contributed by atoms with E-state index >= 15 is 0 Å². The van der Waals surface area contributed by atoms with Crippen LogP contribution in [0.3, 0.4) is 0 Å². The second kappa shape index (κ2) is 7.70. The minimum atomic E-state index is -0.326. The highest BCUT2D eigenvalue weighted by molar-refractivity contribution is 6.00. The fourth-order valence-electron chi connectivity index (χ4n) is 4.05. The number of aromatic nitrogens is 2. The fourth-order valence-corrected chi connectivity index (χ4v) is 4.05. The summed E-state index contributed by atoms with van der Waals surface area (Å²) in [6.07, 6.45) is 0.251. The quantitative estimate of drug-likeness (QED) is 0.671. The lowest BCUT2D eigenvalue weighted by Gasteiger charge is -2.21. The molecule has 0 N–H and O–H groups in total. The van der Waals surface area contributed by atoms with Gasteiger partial charge in [-0.3, -0.25) is 9.59 Å². The van der Waals surface area contributed by atoms with E-state index in [9.17, 15) is 9.59 Å². The number of para-hydroxylation sites is 2. The Morgan fingerprint density at radius 3 is 2.62 bits per heavy atom. The van der Waals surface area contributed by atoms with Crippen molar-refractivity contribution in [2.24, 2.45) is 5.92 Å². The van der Waals surface area contributed by atoms with Crippen molar-refractivity contribution in [3.8, 4) is 0 Å². The van der Waals surface area contributed by atoms with Crippen LogP contribution in [0.5, 0.6) is 0 Å². The van der Waals surface area contributed by atoms with Crippen molar-refractivity contribution >= 4 is 28.5 Å². The van der Waals surface area contributed by atoms with Crippen molar-refractivity contribution in [3.63, 3.8) is 0 Å². The van der Waals surface area contributed by atoms with Gasteiger partial charge in [-0.2, -0.15) is 0 Å². The lowest BCUT2D eigenvalue weighted by molar-refractivity contribution is -0.135. The third-order valence-electron chi connectivity index (χ3n) is 5.62. The number of carbonyl (C=O) groups is 2. The van der Waals surface area contributed by atoms with Crippen molar-refractivity contribution in [2.75, 3.05) is 18.5 Å². The van der Waals surface area contributed by atoms with Gasteiger partial charge < -0.3 is 14.4 Å². The molecule has 29 heavy (non-hydrogen) atoms. The van der Waals surface area contributed by atoms with E-state index in [0.717, 1.165) is 34.7 Å². The maximum absolute atomic E-state index is 13.1. The number of rotatable bonds is 5. The Hall–Kier alpha value is -3.15. The number of aryl methyl sites for hydroxylation is 2. The van der Waals surface area contributed by atoms with E-state index in [4.69, 9.17) is 4.98 Å². The zero-order chi connectivity index (χ0) is 20.5. The molecule has 2 amide bonds. The number of fused-ring (bicyclic) bond motifs is 1. The molecule has 1 aromatic heterocycles. The third-order valence-corrected chi connectivity index (χ3v) is 5.62. The minimum Gasteiger partial charge on any atom is -0.338 e. The average molecular weight is 390 g/mol. The smallest absolute Gasteiger partial charge is 0.228 e. The first-order chi connectivity index (χ1) is 14.0. The van der Waals surface area contributed by atoms with Gasteiger partial charge in [-0.1, -0.05) is 29.8 Å². The SMILES string of the molecule is CCn1c(CN(C)C(=O)C2CC(=O)N(c3ccc(C)cc3)C2)nc2ccccc21. The van der Waals surface area contributed by atoms with Crippen LogP contribution >= 0.6 is 0 Å². The number of carbonyl (C=O) groups excluding carboxylic acids is 2. The molecule has 2 aromatic carbocycles. The van der Waals surface area contributed by atoms with Gasteiger partial charge in [-0.15, -0.1) is 0 Å². The van der Waals surface area contributed by atoms with E-state index in [0.29, 0.717) is 13.1 Å². The number of hydrogen-bond donors (Lipinski definition) is 0. The number of hydrogen-bond acceptors (Lipinski definition) is 3. The summed E-state index contributed by atoms with van der Waals surface area (Å²) in [5.74, 6) is 0.529. The highest BCUT2D eigenvalue weighted by atomic mass is 16.2. The molecule has 4 rings (SSSR count). The number of amides is 2. The molecule has 1 aliphatic heterocycles. The Morgan fingerprint density at radius 2 is 1.90 bits per heavy atom. The molecule has 150 valence electrons. The summed E-state index contributed by atoms with van der Waals surface area (Å²) in [6, 6.07) is 15.9. The molecule has 1 unspecified atom stereocenters. The highest BCUT2D eigenvalue weighted by Crippen LogP contribution is 2.27. The van der Waals surface area contributed by atoms with Crippen molar-refractivity contribution in [3.05, 3.63) is 59.9 Å². The summed E-state index contributed by atoms with van der Waals surface area (Å²) in [7, 11) is 1.79. The lowest BCUT2D eigenvalue weighted by atomic mass is 10.1. The molecule has 0 saturated carbocycles. The van der Waals surface area contributed by atoms with Crippen LogP contribution in [0.25, 0.3) is 11.0 Å². The van der Waals surface area contributed by atoms with Crippen molar-refractivity contribution in [1.29, 1.82) is 0 Å². The summed E-state index contributed by atoms with van der Waals surface area (Å²) in [5.41, 5.74) is 4.01. The normalized spacial score (nSPS) is 16.6.